The van der Waals surface area contributed by atoms with Gasteiger partial charge in [-0.3, -0.25) is 13.9 Å². The Kier molecular flexibility index (Phi) is 10.3. The molecule has 0 bridgehead atoms. The first-order valence-corrected chi connectivity index (χ1v) is 15.6. The van der Waals surface area contributed by atoms with Crippen LogP contribution in [0.5, 0.6) is 0 Å². The summed E-state index contributed by atoms with van der Waals surface area (Å²) in [7, 11) is -4.30. The zero-order valence-corrected chi connectivity index (χ0v) is 24.9. The van der Waals surface area contributed by atoms with Crippen molar-refractivity contribution in [1.29, 1.82) is 0 Å². The molecule has 4 rings (SSSR count). The largest absolute Gasteiger partial charge is 0.352 e. The van der Waals surface area contributed by atoms with Gasteiger partial charge in [0.15, 0.2) is 0 Å². The predicted octanol–water partition coefficient (Wildman–Crippen LogP) is 6.19. The maximum absolute atomic E-state index is 14.7. The summed E-state index contributed by atoms with van der Waals surface area (Å²) in [4.78, 5) is 28.5. The summed E-state index contributed by atoms with van der Waals surface area (Å²) in [5, 5.41) is 3.07. The molecule has 1 aliphatic carbocycles. The lowest BCUT2D eigenvalue weighted by Gasteiger charge is -2.33. The molecule has 0 heterocycles. The number of amides is 2. The number of rotatable bonds is 10. The highest BCUT2D eigenvalue weighted by atomic mass is 35.5. The van der Waals surface area contributed by atoms with Crippen molar-refractivity contribution in [2.45, 2.75) is 62.6 Å². The maximum atomic E-state index is 14.7. The molecule has 0 unspecified atom stereocenters. The van der Waals surface area contributed by atoms with E-state index in [0.717, 1.165) is 36.4 Å². The molecule has 0 spiro atoms. The maximum Gasteiger partial charge on any atom is 0.264 e. The van der Waals surface area contributed by atoms with Gasteiger partial charge in [-0.15, -0.1) is 0 Å². The summed E-state index contributed by atoms with van der Waals surface area (Å²) < 4.78 is 43.3. The Hall–Kier alpha value is -3.14. The normalized spacial score (nSPS) is 14.7. The van der Waals surface area contributed by atoms with Crippen LogP contribution >= 0.6 is 23.2 Å². The zero-order valence-electron chi connectivity index (χ0n) is 22.6. The van der Waals surface area contributed by atoms with E-state index in [0.29, 0.717) is 0 Å². The van der Waals surface area contributed by atoms with Crippen molar-refractivity contribution < 1.29 is 22.4 Å². The van der Waals surface area contributed by atoms with Crippen LogP contribution in [0.3, 0.4) is 0 Å². The topological polar surface area (TPSA) is 86.8 Å². The molecule has 1 aliphatic rings. The molecule has 0 aromatic heterocycles. The third kappa shape index (κ3) is 7.39. The van der Waals surface area contributed by atoms with Gasteiger partial charge in [-0.25, -0.2) is 12.8 Å². The standard InChI is InChI=1S/C30H32Cl2FN3O4S/c1-21(30(38)34-23-12-4-2-5-13-23)35(19-22-11-8-9-17-26(22)33)28(37)20-36(27-18-10-16-25(31)29(27)32)41(39,40)24-14-6-3-7-15-24/h3,6-11,14-18,21,23H,2,4-5,12-13,19-20H2,1H3,(H,34,38)/t21-/m1/s1. The van der Waals surface area contributed by atoms with Crippen LogP contribution in [0, 0.1) is 5.82 Å². The third-order valence-corrected chi connectivity index (χ3v) is 9.81. The van der Waals surface area contributed by atoms with Crippen molar-refractivity contribution in [3.8, 4) is 0 Å². The van der Waals surface area contributed by atoms with E-state index in [1.54, 1.807) is 31.2 Å². The molecular weight excluding hydrogens is 588 g/mol. The van der Waals surface area contributed by atoms with E-state index in [4.69, 9.17) is 23.2 Å². The molecule has 0 radical (unpaired) electrons. The lowest BCUT2D eigenvalue weighted by atomic mass is 9.95. The van der Waals surface area contributed by atoms with Gasteiger partial charge in [0.2, 0.25) is 11.8 Å². The number of nitrogens with zero attached hydrogens (tertiary/aromatic N) is 2. The van der Waals surface area contributed by atoms with E-state index in [-0.39, 0.29) is 44.7 Å². The molecule has 1 fully saturated rings. The predicted molar refractivity (Wildman–Crippen MR) is 159 cm³/mol. The molecule has 2 amide bonds. The number of anilines is 1. The highest BCUT2D eigenvalue weighted by Gasteiger charge is 2.34. The average Bonchev–Trinajstić information content (AvgIpc) is 2.97. The lowest BCUT2D eigenvalue weighted by Crippen LogP contribution is -2.53. The fourth-order valence-corrected chi connectivity index (χ4v) is 6.77. The average molecular weight is 621 g/mol. The second-order valence-corrected chi connectivity index (χ2v) is 12.7. The molecule has 41 heavy (non-hydrogen) atoms. The smallest absolute Gasteiger partial charge is 0.264 e. The molecule has 1 atom stereocenters. The van der Waals surface area contributed by atoms with Gasteiger partial charge in [0.1, 0.15) is 18.4 Å². The van der Waals surface area contributed by atoms with Crippen LogP contribution in [0.2, 0.25) is 10.0 Å². The van der Waals surface area contributed by atoms with Crippen LogP contribution in [0.25, 0.3) is 0 Å². The van der Waals surface area contributed by atoms with Crippen molar-refractivity contribution in [3.63, 3.8) is 0 Å². The van der Waals surface area contributed by atoms with Gasteiger partial charge in [-0.2, -0.15) is 0 Å². The summed E-state index contributed by atoms with van der Waals surface area (Å²) in [5.41, 5.74) is 0.193. The number of carbonyl (C=O) groups excluding carboxylic acids is 2. The van der Waals surface area contributed by atoms with Crippen LogP contribution in [0.15, 0.2) is 77.7 Å². The summed E-state index contributed by atoms with van der Waals surface area (Å²) in [5.74, 6) is -1.65. The molecule has 7 nitrogen and oxygen atoms in total. The minimum Gasteiger partial charge on any atom is -0.352 e. The fraction of sp³-hybridized carbons (Fsp3) is 0.333. The van der Waals surface area contributed by atoms with Gasteiger partial charge in [0, 0.05) is 18.2 Å². The van der Waals surface area contributed by atoms with Crippen LogP contribution in [-0.2, 0) is 26.2 Å². The Balaban J connectivity index is 1.71. The highest BCUT2D eigenvalue weighted by molar-refractivity contribution is 7.92. The van der Waals surface area contributed by atoms with E-state index in [9.17, 15) is 22.4 Å². The summed E-state index contributed by atoms with van der Waals surface area (Å²) >= 11 is 12.7. The van der Waals surface area contributed by atoms with E-state index in [2.05, 4.69) is 5.32 Å². The molecule has 1 N–H and O–H groups in total. The Morgan fingerprint density at radius 1 is 0.951 bits per heavy atom. The number of halogens is 3. The third-order valence-electron chi connectivity index (χ3n) is 7.23. The lowest BCUT2D eigenvalue weighted by molar-refractivity contribution is -0.139. The molecule has 3 aromatic carbocycles. The first-order valence-electron chi connectivity index (χ1n) is 13.4. The Bertz CT molecular complexity index is 1480. The quantitative estimate of drug-likeness (QED) is 0.293. The van der Waals surface area contributed by atoms with Crippen LogP contribution in [-0.4, -0.2) is 43.8 Å². The first-order chi connectivity index (χ1) is 19.6. The van der Waals surface area contributed by atoms with E-state index in [1.807, 2.05) is 0 Å². The highest BCUT2D eigenvalue weighted by Crippen LogP contribution is 2.35. The monoisotopic (exact) mass is 619 g/mol. The van der Waals surface area contributed by atoms with Crippen molar-refractivity contribution >= 4 is 50.7 Å². The minimum absolute atomic E-state index is 0.00141. The second-order valence-electron chi connectivity index (χ2n) is 10.0. The number of sulfonamides is 1. The van der Waals surface area contributed by atoms with Gasteiger partial charge >= 0.3 is 0 Å². The van der Waals surface area contributed by atoms with Gasteiger partial charge < -0.3 is 10.2 Å². The molecule has 0 saturated heterocycles. The van der Waals surface area contributed by atoms with Crippen molar-refractivity contribution in [1.82, 2.24) is 10.2 Å². The molecular formula is C30H32Cl2FN3O4S. The number of hydrogen-bond acceptors (Lipinski definition) is 4. The van der Waals surface area contributed by atoms with E-state index in [1.165, 1.54) is 53.4 Å². The molecule has 0 aliphatic heterocycles. The SMILES string of the molecule is C[C@H](C(=O)NC1CCCCC1)N(Cc1ccccc1F)C(=O)CN(c1cccc(Cl)c1Cl)S(=O)(=O)c1ccccc1. The minimum atomic E-state index is -4.30. The van der Waals surface area contributed by atoms with E-state index < -0.39 is 34.3 Å². The molecule has 3 aromatic rings. The fourth-order valence-electron chi connectivity index (χ4n) is 4.88. The van der Waals surface area contributed by atoms with Gasteiger partial charge in [-0.05, 0) is 50.1 Å². The summed E-state index contributed by atoms with van der Waals surface area (Å²) in [6.07, 6.45) is 4.80. The second kappa shape index (κ2) is 13.7. The molecule has 1 saturated carbocycles. The van der Waals surface area contributed by atoms with Crippen molar-refractivity contribution in [3.05, 3.63) is 94.2 Å². The van der Waals surface area contributed by atoms with Gasteiger partial charge in [-0.1, -0.05) is 84.9 Å². The van der Waals surface area contributed by atoms with Crippen molar-refractivity contribution in [2.24, 2.45) is 0 Å². The Morgan fingerprint density at radius 2 is 1.61 bits per heavy atom. The number of nitrogens with one attached hydrogen (secondary N) is 1. The summed E-state index contributed by atoms with van der Waals surface area (Å²) in [6.45, 7) is 0.610. The first kappa shape index (κ1) is 30.8. The summed E-state index contributed by atoms with van der Waals surface area (Å²) in [6, 6.07) is 17.0. The van der Waals surface area contributed by atoms with Gasteiger partial charge in [0.25, 0.3) is 10.0 Å². The molecule has 218 valence electrons. The van der Waals surface area contributed by atoms with Crippen LogP contribution in [0.1, 0.15) is 44.6 Å². The van der Waals surface area contributed by atoms with Crippen molar-refractivity contribution in [2.75, 3.05) is 10.8 Å². The number of carbonyl (C=O) groups is 2. The molecule has 11 heteroatoms. The Labute approximate surface area is 250 Å². The number of benzene rings is 3. The number of hydrogen-bond donors (Lipinski definition) is 1. The van der Waals surface area contributed by atoms with Gasteiger partial charge in [0.05, 0.1) is 20.6 Å². The van der Waals surface area contributed by atoms with E-state index >= 15 is 0 Å². The Morgan fingerprint density at radius 3 is 2.29 bits per heavy atom. The zero-order chi connectivity index (χ0) is 29.6. The van der Waals surface area contributed by atoms with Crippen LogP contribution in [0.4, 0.5) is 10.1 Å². The van der Waals surface area contributed by atoms with Crippen LogP contribution < -0.4 is 9.62 Å².